The number of rotatable bonds is 1. The third-order valence-electron chi connectivity index (χ3n) is 0.117. The first-order valence-corrected chi connectivity index (χ1v) is 7.34. The van der Waals surface area contributed by atoms with E-state index in [2.05, 4.69) is 11.2 Å². The van der Waals surface area contributed by atoms with Gasteiger partial charge in [-0.15, -0.1) is 0 Å². The molecule has 6 heavy (non-hydrogen) atoms. The number of hydrogen-bond donors (Lipinski definition) is 1. The third kappa shape index (κ3) is 3.44. The van der Waals surface area contributed by atoms with Crippen molar-refractivity contribution >= 4 is 47.8 Å². The molecule has 0 aliphatic carbocycles. The van der Waals surface area contributed by atoms with Crippen LogP contribution in [-0.4, -0.2) is 8.42 Å². The van der Waals surface area contributed by atoms with E-state index in [-0.39, 0.29) is 0 Å². The summed E-state index contributed by atoms with van der Waals surface area (Å²) in [6.45, 7) is 0. The highest BCUT2D eigenvalue weighted by Crippen LogP contribution is 1.91. The Kier molecular flexibility index (Phi) is 3.96. The number of hydrogen-bond acceptors (Lipinski definition) is 3. The predicted octanol–water partition coefficient (Wildman–Crippen LogP) is -0.0570. The molecule has 38 valence electrons. The molecule has 1 atom stereocenters. The third-order valence-corrected chi connectivity index (χ3v) is 5.04. The molecule has 0 spiro atoms. The minimum absolute atomic E-state index is 0.860. The Hall–Kier alpha value is 1.25. The van der Waals surface area contributed by atoms with E-state index in [4.69, 9.17) is 0 Å². The van der Waals surface area contributed by atoms with Crippen molar-refractivity contribution in [3.8, 4) is 0 Å². The van der Waals surface area contributed by atoms with Crippen LogP contribution in [-0.2, 0) is 26.6 Å². The highest BCUT2D eigenvalue weighted by molar-refractivity contribution is 14.2. The minimum Gasteiger partial charge on any atom is -0.219 e. The fraction of sp³-hybridized carbons (Fsp3) is 0. The molecule has 0 aliphatic heterocycles. The molecule has 6 heteroatoms. The zero-order valence-corrected chi connectivity index (χ0v) is 7.14. The first-order valence-electron chi connectivity index (χ1n) is 0.869. The molecule has 0 rings (SSSR count). The maximum Gasteiger partial charge on any atom is 0.204 e. The molecule has 0 bridgehead atoms. The molecule has 0 radical (unpaired) electrons. The topological polar surface area (TPSA) is 34.1 Å². The van der Waals surface area contributed by atoms with E-state index >= 15 is 0 Å². The first-order chi connectivity index (χ1) is 2.64. The summed E-state index contributed by atoms with van der Waals surface area (Å²) in [5.74, 6) is 0. The van der Waals surface area contributed by atoms with E-state index in [0.29, 0.717) is 0 Å². The average molecular weight is 256 g/mol. The zero-order chi connectivity index (χ0) is 5.15. The van der Waals surface area contributed by atoms with Gasteiger partial charge in [0.25, 0.3) is 0 Å². The molecule has 0 fully saturated rings. The lowest BCUT2D eigenvalue weighted by molar-refractivity contribution is 0.627. The molecule has 0 aliphatic rings. The summed E-state index contributed by atoms with van der Waals surface area (Å²) in [6.07, 6.45) is 0. The van der Waals surface area contributed by atoms with E-state index in [1.54, 1.807) is 21.2 Å². The van der Waals surface area contributed by atoms with Gasteiger partial charge in [0.05, 0.1) is 5.66 Å². The van der Waals surface area contributed by atoms with Crippen LogP contribution < -0.4 is 0 Å². The van der Waals surface area contributed by atoms with Crippen LogP contribution in [0, 0.1) is 0 Å². The van der Waals surface area contributed by atoms with Gasteiger partial charge in [-0.3, -0.25) is 0 Å². The van der Waals surface area contributed by atoms with Crippen molar-refractivity contribution in [2.24, 2.45) is 0 Å². The van der Waals surface area contributed by atoms with Gasteiger partial charge in [0.1, 0.15) is 0 Å². The molecule has 0 saturated heterocycles. The van der Waals surface area contributed by atoms with Gasteiger partial charge >= 0.3 is 0 Å². The molecule has 0 aromatic carbocycles. The van der Waals surface area contributed by atoms with Gasteiger partial charge in [0, 0.05) is 21.2 Å². The van der Waals surface area contributed by atoms with Crippen LogP contribution in [0.25, 0.3) is 0 Å². The second-order valence-electron chi connectivity index (χ2n) is 0.430. The Bertz CT molecular complexity index is 115. The molecule has 0 saturated carbocycles. The van der Waals surface area contributed by atoms with E-state index < -0.39 is 15.4 Å². The molecule has 0 heterocycles. The van der Waals surface area contributed by atoms with E-state index in [1.807, 2.05) is 0 Å². The molecule has 0 aromatic rings. The van der Waals surface area contributed by atoms with Gasteiger partial charge in [-0.25, -0.2) is 8.42 Å². The lowest BCUT2D eigenvalue weighted by atomic mass is 15.9. The molecule has 0 amide bonds. The van der Waals surface area contributed by atoms with Gasteiger partial charge in [-0.05, 0) is 11.2 Å². The predicted molar refractivity (Wildman–Crippen MR) is 39.1 cm³/mol. The van der Waals surface area contributed by atoms with Crippen molar-refractivity contribution in [3.05, 3.63) is 0 Å². The summed E-state index contributed by atoms with van der Waals surface area (Å²) in [7, 11) is -2.33. The maximum atomic E-state index is 9.64. The minimum atomic E-state index is -2.33. The lowest BCUT2D eigenvalue weighted by Crippen LogP contribution is -1.71. The Labute approximate surface area is 55.8 Å². The second-order valence-corrected chi connectivity index (χ2v) is 11.5. The quantitative estimate of drug-likeness (QED) is 0.309. The van der Waals surface area contributed by atoms with Gasteiger partial charge in [0.15, 0.2) is 0 Å². The monoisotopic (exact) mass is 256 g/mol. The van der Waals surface area contributed by atoms with Crippen molar-refractivity contribution in [3.63, 3.8) is 0 Å². The number of thiol groups is 1. The molecule has 1 unspecified atom stereocenters. The summed E-state index contributed by atoms with van der Waals surface area (Å²) < 4.78 is 19.3. The van der Waals surface area contributed by atoms with Crippen LogP contribution >= 0.6 is 21.2 Å². The largest absolute Gasteiger partial charge is 0.219 e. The van der Waals surface area contributed by atoms with E-state index in [9.17, 15) is 8.42 Å². The van der Waals surface area contributed by atoms with Gasteiger partial charge < -0.3 is 0 Å². The molecular formula is HIO2S3. The fourth-order valence-corrected chi connectivity index (χ4v) is 0. The zero-order valence-electron chi connectivity index (χ0n) is 2.46. The van der Waals surface area contributed by atoms with Crippen molar-refractivity contribution in [1.82, 2.24) is 0 Å². The summed E-state index contributed by atoms with van der Waals surface area (Å²) in [5.41, 5.74) is -0.860. The van der Waals surface area contributed by atoms with Crippen LogP contribution in [0.15, 0.2) is 0 Å². The Morgan fingerprint density at radius 3 is 1.83 bits per heavy atom. The van der Waals surface area contributed by atoms with Crippen molar-refractivity contribution < 1.29 is 8.42 Å². The fourth-order valence-electron chi connectivity index (χ4n) is 0. The van der Waals surface area contributed by atoms with Crippen molar-refractivity contribution in [2.45, 2.75) is 0 Å². The highest BCUT2D eigenvalue weighted by atomic mass is 127. The Morgan fingerprint density at radius 1 is 1.67 bits per heavy atom. The van der Waals surface area contributed by atoms with E-state index in [1.165, 1.54) is 0 Å². The van der Waals surface area contributed by atoms with E-state index in [0.717, 1.165) is 0 Å². The van der Waals surface area contributed by atoms with Crippen molar-refractivity contribution in [1.29, 1.82) is 0 Å². The van der Waals surface area contributed by atoms with Gasteiger partial charge in [0.2, 0.25) is 9.74 Å². The lowest BCUT2D eigenvalue weighted by Gasteiger charge is -1.68. The Balaban J connectivity index is 3.94. The second kappa shape index (κ2) is 3.28. The molecule has 0 N–H and O–H groups in total. The summed E-state index contributed by atoms with van der Waals surface area (Å²) >= 11 is 6.00. The summed E-state index contributed by atoms with van der Waals surface area (Å²) in [5, 5.41) is 0. The number of halogens is 1. The first kappa shape index (κ1) is 7.25. The normalized spacial score (nSPS) is 15.0. The maximum absolute atomic E-state index is 9.64. The summed E-state index contributed by atoms with van der Waals surface area (Å²) in [6, 6.07) is 0. The molecule has 0 aromatic heterocycles. The standard InChI is InChI=1S/HIO2S3/c1-5(4)6(2)3/h6H. The average Bonchev–Trinajstić information content (AvgIpc) is 1.36. The highest BCUT2D eigenvalue weighted by Gasteiger charge is 1.80. The van der Waals surface area contributed by atoms with Crippen LogP contribution in [0.3, 0.4) is 0 Å². The Morgan fingerprint density at radius 2 is 1.83 bits per heavy atom. The van der Waals surface area contributed by atoms with Gasteiger partial charge in [-0.2, -0.15) is 0 Å². The summed E-state index contributed by atoms with van der Waals surface area (Å²) in [4.78, 5) is 0. The smallest absolute Gasteiger partial charge is 0.204 e. The van der Waals surface area contributed by atoms with Crippen LogP contribution in [0.1, 0.15) is 0 Å². The molecule has 2 nitrogen and oxygen atoms in total. The molecular weight excluding hydrogens is 255 g/mol. The SMILES string of the molecule is O=[SH](=O)S(=S)I. The van der Waals surface area contributed by atoms with Crippen LogP contribution in [0.5, 0.6) is 0 Å². The van der Waals surface area contributed by atoms with Crippen molar-refractivity contribution in [2.75, 3.05) is 0 Å². The van der Waals surface area contributed by atoms with Crippen LogP contribution in [0.4, 0.5) is 0 Å². The van der Waals surface area contributed by atoms with Gasteiger partial charge in [-0.1, -0.05) is 0 Å². The van der Waals surface area contributed by atoms with Crippen LogP contribution in [0.2, 0.25) is 0 Å².